The van der Waals surface area contributed by atoms with Crippen LogP contribution in [0.1, 0.15) is 78.1 Å². The van der Waals surface area contributed by atoms with Crippen LogP contribution < -0.4 is 0 Å². The number of hydrogen-bond donors (Lipinski definition) is 1. The van der Waals surface area contributed by atoms with Gasteiger partial charge >= 0.3 is 5.97 Å². The number of aliphatic hydroxyl groups excluding tert-OH is 1. The van der Waals surface area contributed by atoms with Crippen LogP contribution in [0.25, 0.3) is 0 Å². The Balaban J connectivity index is 1.39. The molecule has 5 rings (SSSR count). The van der Waals surface area contributed by atoms with Gasteiger partial charge in [-0.1, -0.05) is 19.1 Å². The van der Waals surface area contributed by atoms with Gasteiger partial charge in [-0.05, 0) is 105 Å². The molecule has 150 valence electrons. The number of ether oxygens (including phenoxy) is 1. The van der Waals surface area contributed by atoms with Crippen molar-refractivity contribution in [1.82, 2.24) is 0 Å². The Kier molecular flexibility index (Phi) is 4.28. The van der Waals surface area contributed by atoms with Crippen LogP contribution in [0.5, 0.6) is 0 Å². The third kappa shape index (κ3) is 2.59. The maximum atomic E-state index is 11.4. The first kappa shape index (κ1) is 18.2. The van der Waals surface area contributed by atoms with Crippen molar-refractivity contribution in [2.24, 2.45) is 40.4 Å². The van der Waals surface area contributed by atoms with Gasteiger partial charge in [0.2, 0.25) is 0 Å². The molecular weight excluding hydrogens is 336 g/mol. The molecule has 0 aliphatic heterocycles. The van der Waals surface area contributed by atoms with Gasteiger partial charge in [0.25, 0.3) is 0 Å². The standard InChI is InChI=1S/C24H36O3/c1-15(25)27-17-9-12-23(2)16(14-17)5-6-18-19(23)10-13-24-11-3-4-22(26)21(24)8-7-20(18)24/h3,11,16-22,26H,4-10,12-14H2,1-2H3/t16-,17-,18-,19+,20+,21-,22+,23+,24-/m1/s1. The number of hydrogen-bond acceptors (Lipinski definition) is 3. The monoisotopic (exact) mass is 372 g/mol. The van der Waals surface area contributed by atoms with E-state index in [1.54, 1.807) is 6.92 Å². The molecule has 0 aromatic rings. The number of carbonyl (C=O) groups is 1. The van der Waals surface area contributed by atoms with Gasteiger partial charge in [0.15, 0.2) is 0 Å². The van der Waals surface area contributed by atoms with E-state index >= 15 is 0 Å². The molecule has 1 N–H and O–H groups in total. The zero-order chi connectivity index (χ0) is 18.8. The Morgan fingerprint density at radius 1 is 1.04 bits per heavy atom. The molecule has 1 spiro atoms. The quantitative estimate of drug-likeness (QED) is 0.527. The Bertz CT molecular complexity index is 642. The number of allylic oxidation sites excluding steroid dienone is 1. The van der Waals surface area contributed by atoms with Gasteiger partial charge in [0, 0.05) is 6.92 Å². The molecule has 4 saturated carbocycles. The molecule has 27 heavy (non-hydrogen) atoms. The lowest BCUT2D eigenvalue weighted by Gasteiger charge is -2.61. The lowest BCUT2D eigenvalue weighted by atomic mass is 9.44. The van der Waals surface area contributed by atoms with E-state index in [-0.39, 0.29) is 18.2 Å². The Morgan fingerprint density at radius 3 is 2.67 bits per heavy atom. The summed E-state index contributed by atoms with van der Waals surface area (Å²) in [5.74, 6) is 3.57. The summed E-state index contributed by atoms with van der Waals surface area (Å²) in [4.78, 5) is 11.4. The van der Waals surface area contributed by atoms with Crippen molar-refractivity contribution in [3.63, 3.8) is 0 Å². The first-order valence-corrected chi connectivity index (χ1v) is 11.5. The van der Waals surface area contributed by atoms with Gasteiger partial charge in [-0.3, -0.25) is 4.79 Å². The van der Waals surface area contributed by atoms with Crippen LogP contribution in [0.15, 0.2) is 12.2 Å². The van der Waals surface area contributed by atoms with Gasteiger partial charge in [-0.25, -0.2) is 0 Å². The summed E-state index contributed by atoms with van der Waals surface area (Å²) < 4.78 is 5.60. The molecule has 4 fully saturated rings. The van der Waals surface area contributed by atoms with Crippen LogP contribution in [-0.2, 0) is 9.53 Å². The minimum Gasteiger partial charge on any atom is -0.463 e. The summed E-state index contributed by atoms with van der Waals surface area (Å²) in [5.41, 5.74) is 0.729. The van der Waals surface area contributed by atoms with Crippen molar-refractivity contribution < 1.29 is 14.6 Å². The van der Waals surface area contributed by atoms with Crippen LogP contribution in [0.4, 0.5) is 0 Å². The first-order valence-electron chi connectivity index (χ1n) is 11.5. The maximum absolute atomic E-state index is 11.4. The summed E-state index contributed by atoms with van der Waals surface area (Å²) in [7, 11) is 0. The summed E-state index contributed by atoms with van der Waals surface area (Å²) in [6.07, 6.45) is 16.9. The molecule has 9 atom stereocenters. The number of rotatable bonds is 1. The molecule has 5 aliphatic carbocycles. The molecule has 0 saturated heterocycles. The van der Waals surface area contributed by atoms with E-state index in [9.17, 15) is 9.90 Å². The van der Waals surface area contributed by atoms with Crippen LogP contribution >= 0.6 is 0 Å². The van der Waals surface area contributed by atoms with Crippen molar-refractivity contribution in [2.45, 2.75) is 90.3 Å². The molecular formula is C24H36O3. The van der Waals surface area contributed by atoms with E-state index in [1.165, 1.54) is 44.9 Å². The maximum Gasteiger partial charge on any atom is 0.302 e. The van der Waals surface area contributed by atoms with Crippen molar-refractivity contribution in [2.75, 3.05) is 0 Å². The Labute approximate surface area is 163 Å². The highest BCUT2D eigenvalue weighted by atomic mass is 16.5. The second-order valence-electron chi connectivity index (χ2n) is 10.7. The number of aliphatic hydroxyl groups is 1. The van der Waals surface area contributed by atoms with Gasteiger partial charge in [0.1, 0.15) is 6.10 Å². The fraction of sp³-hybridized carbons (Fsp3) is 0.875. The minimum absolute atomic E-state index is 0.109. The second-order valence-corrected chi connectivity index (χ2v) is 10.7. The summed E-state index contributed by atoms with van der Waals surface area (Å²) in [6, 6.07) is 0. The smallest absolute Gasteiger partial charge is 0.302 e. The average Bonchev–Trinajstić information content (AvgIpc) is 3.03. The molecule has 0 amide bonds. The van der Waals surface area contributed by atoms with E-state index in [0.29, 0.717) is 16.7 Å². The molecule has 0 aromatic heterocycles. The van der Waals surface area contributed by atoms with Crippen molar-refractivity contribution in [1.29, 1.82) is 0 Å². The van der Waals surface area contributed by atoms with E-state index in [0.717, 1.165) is 42.9 Å². The highest BCUT2D eigenvalue weighted by Crippen LogP contribution is 2.69. The van der Waals surface area contributed by atoms with E-state index in [2.05, 4.69) is 19.1 Å². The van der Waals surface area contributed by atoms with Crippen molar-refractivity contribution in [3.05, 3.63) is 12.2 Å². The fourth-order valence-electron chi connectivity index (χ4n) is 8.80. The number of fused-ring (bicyclic) bond motifs is 4. The molecule has 5 aliphatic rings. The zero-order valence-corrected chi connectivity index (χ0v) is 17.0. The molecule has 0 radical (unpaired) electrons. The van der Waals surface area contributed by atoms with E-state index in [4.69, 9.17) is 4.74 Å². The highest BCUT2D eigenvalue weighted by molar-refractivity contribution is 5.66. The zero-order valence-electron chi connectivity index (χ0n) is 17.0. The van der Waals surface area contributed by atoms with Crippen LogP contribution in [0, 0.1) is 40.4 Å². The van der Waals surface area contributed by atoms with E-state index < -0.39 is 0 Å². The molecule has 3 nitrogen and oxygen atoms in total. The summed E-state index contributed by atoms with van der Waals surface area (Å²) in [6.45, 7) is 4.11. The number of esters is 1. The fourth-order valence-corrected chi connectivity index (χ4v) is 8.80. The van der Waals surface area contributed by atoms with Gasteiger partial charge in [0.05, 0.1) is 6.10 Å². The molecule has 0 bridgehead atoms. The summed E-state index contributed by atoms with van der Waals surface area (Å²) in [5, 5.41) is 10.7. The molecule has 0 heterocycles. The lowest BCUT2D eigenvalue weighted by molar-refractivity contribution is -0.160. The highest BCUT2D eigenvalue weighted by Gasteiger charge is 2.62. The average molecular weight is 373 g/mol. The van der Waals surface area contributed by atoms with Gasteiger partial charge < -0.3 is 9.84 Å². The Hall–Kier alpha value is -0.830. The lowest BCUT2D eigenvalue weighted by Crippen LogP contribution is -2.55. The summed E-state index contributed by atoms with van der Waals surface area (Å²) >= 11 is 0. The van der Waals surface area contributed by atoms with E-state index in [1.807, 2.05) is 0 Å². The van der Waals surface area contributed by atoms with Crippen molar-refractivity contribution >= 4 is 5.97 Å². The molecule has 3 heteroatoms. The van der Waals surface area contributed by atoms with Crippen LogP contribution in [-0.4, -0.2) is 23.3 Å². The van der Waals surface area contributed by atoms with Gasteiger partial charge in [-0.15, -0.1) is 0 Å². The van der Waals surface area contributed by atoms with Crippen molar-refractivity contribution in [3.8, 4) is 0 Å². The SMILES string of the molecule is CC(=O)O[C@@H]1CC[C@@]2(C)[C@H](CC[C@@H]3[C@@H]2CC[C@@]24C=CC[C@H](O)[C@H]2CC[C@@H]34)C1. The molecule has 0 aromatic carbocycles. The minimum atomic E-state index is -0.114. The topological polar surface area (TPSA) is 46.5 Å². The first-order chi connectivity index (χ1) is 12.9. The van der Waals surface area contributed by atoms with Gasteiger partial charge in [-0.2, -0.15) is 0 Å². The number of carbonyl (C=O) groups excluding carboxylic acids is 1. The normalized spacial score (nSPS) is 53.7. The second kappa shape index (κ2) is 6.34. The third-order valence-electron chi connectivity index (χ3n) is 9.87. The third-order valence-corrected chi connectivity index (χ3v) is 9.87. The van der Waals surface area contributed by atoms with Crippen LogP contribution in [0.2, 0.25) is 0 Å². The predicted molar refractivity (Wildman–Crippen MR) is 105 cm³/mol. The predicted octanol–water partition coefficient (Wildman–Crippen LogP) is 4.88. The largest absolute Gasteiger partial charge is 0.463 e. The molecule has 0 unspecified atom stereocenters. The Morgan fingerprint density at radius 2 is 1.85 bits per heavy atom. The van der Waals surface area contributed by atoms with Crippen LogP contribution in [0.3, 0.4) is 0 Å².